The lowest BCUT2D eigenvalue weighted by Gasteiger charge is -2.35. The standard InChI is InChI=1S/C10H19ClO2/c1-3-5-9-8(4-2)7-12-10(6-11)13-9/h8-10H,3-7H2,1-2H3/t8-,9-,10+/m1/s1. The van der Waals surface area contributed by atoms with E-state index >= 15 is 0 Å². The molecule has 0 bridgehead atoms. The summed E-state index contributed by atoms with van der Waals surface area (Å²) in [6.07, 6.45) is 3.58. The van der Waals surface area contributed by atoms with Crippen LogP contribution < -0.4 is 0 Å². The van der Waals surface area contributed by atoms with E-state index in [4.69, 9.17) is 21.1 Å². The Morgan fingerprint density at radius 3 is 2.69 bits per heavy atom. The summed E-state index contributed by atoms with van der Waals surface area (Å²) in [4.78, 5) is 0. The van der Waals surface area contributed by atoms with Gasteiger partial charge in [0.05, 0.1) is 18.6 Å². The first-order chi connectivity index (χ1) is 6.31. The summed E-state index contributed by atoms with van der Waals surface area (Å²) >= 11 is 5.69. The fourth-order valence-corrected chi connectivity index (χ4v) is 1.90. The Morgan fingerprint density at radius 2 is 2.15 bits per heavy atom. The molecule has 3 heteroatoms. The summed E-state index contributed by atoms with van der Waals surface area (Å²) in [7, 11) is 0. The molecule has 78 valence electrons. The van der Waals surface area contributed by atoms with Crippen LogP contribution >= 0.6 is 11.6 Å². The molecule has 0 amide bonds. The van der Waals surface area contributed by atoms with Crippen LogP contribution in [-0.4, -0.2) is 24.9 Å². The highest BCUT2D eigenvalue weighted by atomic mass is 35.5. The van der Waals surface area contributed by atoms with Crippen molar-refractivity contribution in [1.82, 2.24) is 0 Å². The highest BCUT2D eigenvalue weighted by Gasteiger charge is 2.29. The molecule has 3 atom stereocenters. The van der Waals surface area contributed by atoms with Gasteiger partial charge in [0.2, 0.25) is 0 Å². The molecule has 1 saturated heterocycles. The summed E-state index contributed by atoms with van der Waals surface area (Å²) in [5.74, 6) is 0.996. The molecule has 0 saturated carbocycles. The molecular formula is C10H19ClO2. The normalized spacial score (nSPS) is 34.8. The number of hydrogen-bond donors (Lipinski definition) is 0. The van der Waals surface area contributed by atoms with E-state index in [1.54, 1.807) is 0 Å². The first-order valence-corrected chi connectivity index (χ1v) is 5.68. The van der Waals surface area contributed by atoms with Crippen molar-refractivity contribution in [3.8, 4) is 0 Å². The Balaban J connectivity index is 2.42. The zero-order valence-corrected chi connectivity index (χ0v) is 9.22. The maximum Gasteiger partial charge on any atom is 0.171 e. The first kappa shape index (κ1) is 11.3. The van der Waals surface area contributed by atoms with Gasteiger partial charge in [-0.05, 0) is 12.8 Å². The third-order valence-corrected chi connectivity index (χ3v) is 2.82. The second-order valence-electron chi connectivity index (χ2n) is 3.55. The largest absolute Gasteiger partial charge is 0.351 e. The molecule has 0 spiro atoms. The van der Waals surface area contributed by atoms with Gasteiger partial charge >= 0.3 is 0 Å². The minimum Gasteiger partial charge on any atom is -0.351 e. The van der Waals surface area contributed by atoms with Crippen LogP contribution in [0, 0.1) is 5.92 Å². The monoisotopic (exact) mass is 206 g/mol. The van der Waals surface area contributed by atoms with Gasteiger partial charge in [0, 0.05) is 5.92 Å². The van der Waals surface area contributed by atoms with Crippen LogP contribution in [0.4, 0.5) is 0 Å². The van der Waals surface area contributed by atoms with Gasteiger partial charge in [0.15, 0.2) is 6.29 Å². The molecule has 2 nitrogen and oxygen atoms in total. The molecule has 0 aromatic rings. The maximum atomic E-state index is 5.73. The first-order valence-electron chi connectivity index (χ1n) is 5.14. The molecule has 0 aromatic carbocycles. The van der Waals surface area contributed by atoms with Gasteiger partial charge < -0.3 is 9.47 Å². The fourth-order valence-electron chi connectivity index (χ4n) is 1.73. The molecule has 0 aromatic heterocycles. The van der Waals surface area contributed by atoms with Gasteiger partial charge in [-0.3, -0.25) is 0 Å². The lowest BCUT2D eigenvalue weighted by Crippen LogP contribution is -2.40. The number of hydrogen-bond acceptors (Lipinski definition) is 2. The van der Waals surface area contributed by atoms with Gasteiger partial charge in [-0.1, -0.05) is 20.3 Å². The molecule has 13 heavy (non-hydrogen) atoms. The van der Waals surface area contributed by atoms with Gasteiger partial charge in [-0.25, -0.2) is 0 Å². The molecule has 1 rings (SSSR count). The van der Waals surface area contributed by atoms with Gasteiger partial charge in [-0.15, -0.1) is 11.6 Å². The van der Waals surface area contributed by atoms with E-state index in [2.05, 4.69) is 13.8 Å². The highest BCUT2D eigenvalue weighted by Crippen LogP contribution is 2.25. The van der Waals surface area contributed by atoms with Crippen LogP contribution in [0.2, 0.25) is 0 Å². The maximum absolute atomic E-state index is 5.73. The molecule has 0 N–H and O–H groups in total. The van der Waals surface area contributed by atoms with Crippen LogP contribution in [0.3, 0.4) is 0 Å². The summed E-state index contributed by atoms with van der Waals surface area (Å²) in [5.41, 5.74) is 0. The molecule has 1 aliphatic heterocycles. The van der Waals surface area contributed by atoms with Crippen molar-refractivity contribution in [2.75, 3.05) is 12.5 Å². The summed E-state index contributed by atoms with van der Waals surface area (Å²) in [6.45, 7) is 5.17. The average Bonchev–Trinajstić information content (AvgIpc) is 2.18. The third-order valence-electron chi connectivity index (χ3n) is 2.57. The van der Waals surface area contributed by atoms with Crippen LogP contribution in [0.1, 0.15) is 33.1 Å². The second-order valence-corrected chi connectivity index (χ2v) is 3.86. The summed E-state index contributed by atoms with van der Waals surface area (Å²) in [5, 5.41) is 0. The van der Waals surface area contributed by atoms with Gasteiger partial charge in [0.1, 0.15) is 0 Å². The Kier molecular flexibility index (Phi) is 5.07. The molecular weight excluding hydrogens is 188 g/mol. The van der Waals surface area contributed by atoms with Crippen LogP contribution in [0.15, 0.2) is 0 Å². The van der Waals surface area contributed by atoms with Gasteiger partial charge in [0.25, 0.3) is 0 Å². The van der Waals surface area contributed by atoms with Crippen molar-refractivity contribution in [2.45, 2.75) is 45.5 Å². The summed E-state index contributed by atoms with van der Waals surface area (Å²) in [6, 6.07) is 0. The Morgan fingerprint density at radius 1 is 1.38 bits per heavy atom. The average molecular weight is 207 g/mol. The van der Waals surface area contributed by atoms with Gasteiger partial charge in [-0.2, -0.15) is 0 Å². The van der Waals surface area contributed by atoms with Crippen molar-refractivity contribution < 1.29 is 9.47 Å². The van der Waals surface area contributed by atoms with Crippen LogP contribution in [0.25, 0.3) is 0 Å². The summed E-state index contributed by atoms with van der Waals surface area (Å²) < 4.78 is 11.2. The third kappa shape index (κ3) is 3.12. The molecule has 0 radical (unpaired) electrons. The predicted molar refractivity (Wildman–Crippen MR) is 54.0 cm³/mol. The molecule has 0 aliphatic carbocycles. The van der Waals surface area contributed by atoms with E-state index in [1.165, 1.54) is 0 Å². The topological polar surface area (TPSA) is 18.5 Å². The molecule has 1 fully saturated rings. The van der Waals surface area contributed by atoms with Crippen molar-refractivity contribution in [1.29, 1.82) is 0 Å². The van der Waals surface area contributed by atoms with E-state index in [0.717, 1.165) is 25.9 Å². The number of ether oxygens (including phenoxy) is 2. The lowest BCUT2D eigenvalue weighted by atomic mass is 9.96. The van der Waals surface area contributed by atoms with E-state index in [9.17, 15) is 0 Å². The molecule has 0 unspecified atom stereocenters. The smallest absolute Gasteiger partial charge is 0.171 e. The molecule has 1 heterocycles. The minimum atomic E-state index is -0.180. The fraction of sp³-hybridized carbons (Fsp3) is 1.00. The number of rotatable bonds is 4. The van der Waals surface area contributed by atoms with Crippen LogP contribution in [-0.2, 0) is 9.47 Å². The van der Waals surface area contributed by atoms with E-state index in [0.29, 0.717) is 17.9 Å². The van der Waals surface area contributed by atoms with E-state index in [-0.39, 0.29) is 6.29 Å². The van der Waals surface area contributed by atoms with Crippen molar-refractivity contribution in [3.63, 3.8) is 0 Å². The highest BCUT2D eigenvalue weighted by molar-refractivity contribution is 6.18. The van der Waals surface area contributed by atoms with Crippen molar-refractivity contribution in [2.24, 2.45) is 5.92 Å². The number of alkyl halides is 1. The SMILES string of the molecule is CCC[C@H]1O[C@@H](CCl)OC[C@H]1CC. The van der Waals surface area contributed by atoms with Crippen molar-refractivity contribution >= 4 is 11.6 Å². The van der Waals surface area contributed by atoms with E-state index in [1.807, 2.05) is 0 Å². The zero-order valence-electron chi connectivity index (χ0n) is 8.46. The minimum absolute atomic E-state index is 0.180. The zero-order chi connectivity index (χ0) is 9.68. The molecule has 1 aliphatic rings. The van der Waals surface area contributed by atoms with E-state index < -0.39 is 0 Å². The quantitative estimate of drug-likeness (QED) is 0.659. The number of halogens is 1. The predicted octanol–water partition coefficient (Wildman–Crippen LogP) is 2.79. The van der Waals surface area contributed by atoms with Crippen molar-refractivity contribution in [3.05, 3.63) is 0 Å². The van der Waals surface area contributed by atoms with Crippen LogP contribution in [0.5, 0.6) is 0 Å². The lowest BCUT2D eigenvalue weighted by molar-refractivity contribution is -0.227. The Hall–Kier alpha value is 0.210. The second kappa shape index (κ2) is 5.84. The Labute approximate surface area is 85.5 Å². The Bertz CT molecular complexity index is 141.